The zero-order valence-corrected chi connectivity index (χ0v) is 20.1. The molecular formula is C27H34N2O3S. The molecule has 6 heteroatoms. The Balaban J connectivity index is 1.22. The number of piperidine rings is 1. The van der Waals surface area contributed by atoms with E-state index in [-0.39, 0.29) is 17.9 Å². The summed E-state index contributed by atoms with van der Waals surface area (Å²) in [6.07, 6.45) is 8.55. The highest BCUT2D eigenvalue weighted by Gasteiger charge is 2.37. The topological polar surface area (TPSA) is 57.7 Å². The fraction of sp³-hybridized carbons (Fsp3) is 0.519. The summed E-state index contributed by atoms with van der Waals surface area (Å²) in [6, 6.07) is 16.3. The second-order valence-corrected chi connectivity index (χ2v) is 11.8. The van der Waals surface area contributed by atoms with Crippen LogP contribution in [0.25, 0.3) is 0 Å². The van der Waals surface area contributed by atoms with Crippen LogP contribution in [0.2, 0.25) is 0 Å². The van der Waals surface area contributed by atoms with Crippen molar-refractivity contribution in [3.05, 3.63) is 65.2 Å². The summed E-state index contributed by atoms with van der Waals surface area (Å²) in [5, 5.41) is 0. The lowest BCUT2D eigenvalue weighted by Crippen LogP contribution is -2.46. The van der Waals surface area contributed by atoms with Crippen molar-refractivity contribution in [1.29, 1.82) is 0 Å². The molecule has 1 aliphatic carbocycles. The van der Waals surface area contributed by atoms with Gasteiger partial charge in [0, 0.05) is 31.6 Å². The molecule has 0 aromatic heterocycles. The van der Waals surface area contributed by atoms with Crippen LogP contribution in [-0.2, 0) is 34.1 Å². The maximum Gasteiger partial charge on any atom is 0.243 e. The lowest BCUT2D eigenvalue weighted by molar-refractivity contribution is -0.137. The Hall–Kier alpha value is -2.18. The molecule has 0 radical (unpaired) electrons. The summed E-state index contributed by atoms with van der Waals surface area (Å²) in [6.45, 7) is 1.67. The summed E-state index contributed by atoms with van der Waals surface area (Å²) in [7, 11) is -3.51. The van der Waals surface area contributed by atoms with Crippen molar-refractivity contribution >= 4 is 15.9 Å². The van der Waals surface area contributed by atoms with Crippen molar-refractivity contribution in [3.8, 4) is 0 Å². The average Bonchev–Trinajstić information content (AvgIpc) is 3.32. The summed E-state index contributed by atoms with van der Waals surface area (Å²) < 4.78 is 28.2. The maximum absolute atomic E-state index is 13.3. The van der Waals surface area contributed by atoms with Gasteiger partial charge in [0.2, 0.25) is 15.9 Å². The minimum Gasteiger partial charge on any atom is -0.339 e. The highest BCUT2D eigenvalue weighted by molar-refractivity contribution is 7.89. The molecule has 1 atom stereocenters. The fourth-order valence-corrected chi connectivity index (χ4v) is 7.34. The number of nitrogens with zero attached hydrogens (tertiary/aromatic N) is 2. The van der Waals surface area contributed by atoms with E-state index in [9.17, 15) is 13.2 Å². The Labute approximate surface area is 197 Å². The van der Waals surface area contributed by atoms with Crippen LogP contribution in [0, 0.1) is 5.92 Å². The Morgan fingerprint density at radius 1 is 0.848 bits per heavy atom. The molecule has 0 saturated carbocycles. The highest BCUT2D eigenvalue weighted by Crippen LogP contribution is 2.30. The SMILES string of the molecule is O=C(C1CCN(S(=O)(=O)c2ccc3c(c2)CCCC3)CC1)N1CCCC1Cc1ccccc1. The van der Waals surface area contributed by atoms with Crippen molar-refractivity contribution < 1.29 is 13.2 Å². The number of sulfonamides is 1. The van der Waals surface area contributed by atoms with E-state index in [2.05, 4.69) is 29.2 Å². The van der Waals surface area contributed by atoms with Gasteiger partial charge < -0.3 is 4.90 Å². The third-order valence-corrected chi connectivity index (χ3v) is 9.63. The molecule has 5 rings (SSSR count). The number of carbonyl (C=O) groups is 1. The van der Waals surface area contributed by atoms with E-state index in [1.807, 2.05) is 18.2 Å². The molecule has 0 bridgehead atoms. The number of carbonyl (C=O) groups excluding carboxylic acids is 1. The van der Waals surface area contributed by atoms with Crippen LogP contribution in [0.3, 0.4) is 0 Å². The van der Waals surface area contributed by atoms with Gasteiger partial charge in [-0.05, 0) is 86.6 Å². The van der Waals surface area contributed by atoms with E-state index in [1.54, 1.807) is 10.4 Å². The summed E-state index contributed by atoms with van der Waals surface area (Å²) in [5.41, 5.74) is 3.75. The van der Waals surface area contributed by atoms with Gasteiger partial charge in [0.1, 0.15) is 0 Å². The summed E-state index contributed by atoms with van der Waals surface area (Å²) in [5.74, 6) is 0.149. The molecule has 5 nitrogen and oxygen atoms in total. The van der Waals surface area contributed by atoms with E-state index < -0.39 is 10.0 Å². The van der Waals surface area contributed by atoms with Gasteiger partial charge in [-0.1, -0.05) is 36.4 Å². The van der Waals surface area contributed by atoms with E-state index in [0.717, 1.165) is 45.1 Å². The van der Waals surface area contributed by atoms with E-state index in [4.69, 9.17) is 0 Å². The molecule has 2 aliphatic heterocycles. The molecular weight excluding hydrogens is 432 g/mol. The summed E-state index contributed by atoms with van der Waals surface area (Å²) in [4.78, 5) is 15.8. The van der Waals surface area contributed by atoms with Gasteiger partial charge >= 0.3 is 0 Å². The quantitative estimate of drug-likeness (QED) is 0.664. The lowest BCUT2D eigenvalue weighted by Gasteiger charge is -2.34. The number of likely N-dealkylation sites (tertiary alicyclic amines) is 1. The van der Waals surface area contributed by atoms with E-state index >= 15 is 0 Å². The Morgan fingerprint density at radius 3 is 2.33 bits per heavy atom. The molecule has 2 fully saturated rings. The predicted molar refractivity (Wildman–Crippen MR) is 129 cm³/mol. The van der Waals surface area contributed by atoms with Crippen molar-refractivity contribution in [1.82, 2.24) is 9.21 Å². The Kier molecular flexibility index (Phi) is 6.57. The molecule has 3 aliphatic rings. The average molecular weight is 467 g/mol. The largest absolute Gasteiger partial charge is 0.339 e. The zero-order chi connectivity index (χ0) is 22.8. The molecule has 2 aromatic rings. The van der Waals surface area contributed by atoms with Crippen LogP contribution in [0.4, 0.5) is 0 Å². The number of fused-ring (bicyclic) bond motifs is 1. The van der Waals surface area contributed by atoms with E-state index in [1.165, 1.54) is 23.1 Å². The van der Waals surface area contributed by atoms with Crippen LogP contribution < -0.4 is 0 Å². The lowest BCUT2D eigenvalue weighted by atomic mass is 9.92. The summed E-state index contributed by atoms with van der Waals surface area (Å²) >= 11 is 0. The number of aryl methyl sites for hydroxylation is 2. The molecule has 176 valence electrons. The first-order valence-corrected chi connectivity index (χ1v) is 13.9. The molecule has 2 saturated heterocycles. The van der Waals surface area contributed by atoms with Crippen LogP contribution in [-0.4, -0.2) is 49.2 Å². The zero-order valence-electron chi connectivity index (χ0n) is 19.3. The van der Waals surface area contributed by atoms with Crippen LogP contribution in [0.15, 0.2) is 53.4 Å². The highest BCUT2D eigenvalue weighted by atomic mass is 32.2. The maximum atomic E-state index is 13.3. The standard InChI is InChI=1S/C27H34N2O3S/c30-27(29-16-6-11-25(29)19-21-7-2-1-3-8-21)23-14-17-28(18-15-23)33(31,32)26-13-12-22-9-4-5-10-24(22)20-26/h1-3,7-8,12-13,20,23,25H,4-6,9-11,14-19H2. The number of hydrogen-bond donors (Lipinski definition) is 0. The molecule has 0 spiro atoms. The number of rotatable bonds is 5. The van der Waals surface area contributed by atoms with Gasteiger partial charge in [-0.3, -0.25) is 4.79 Å². The minimum absolute atomic E-state index is 0.0728. The fourth-order valence-electron chi connectivity index (χ4n) is 5.82. The third kappa shape index (κ3) is 4.73. The van der Waals surface area contributed by atoms with Crippen LogP contribution in [0.5, 0.6) is 0 Å². The molecule has 0 N–H and O–H groups in total. The van der Waals surface area contributed by atoms with Gasteiger partial charge in [0.25, 0.3) is 0 Å². The van der Waals surface area contributed by atoms with E-state index in [0.29, 0.717) is 30.8 Å². The predicted octanol–water partition coefficient (Wildman–Crippen LogP) is 4.20. The first kappa shape index (κ1) is 22.6. The molecule has 2 heterocycles. The molecule has 2 aromatic carbocycles. The van der Waals surface area contributed by atoms with Gasteiger partial charge in [-0.2, -0.15) is 4.31 Å². The van der Waals surface area contributed by atoms with Crippen LogP contribution in [0.1, 0.15) is 55.2 Å². The van der Waals surface area contributed by atoms with Crippen molar-refractivity contribution in [2.75, 3.05) is 19.6 Å². The van der Waals surface area contributed by atoms with Crippen molar-refractivity contribution in [3.63, 3.8) is 0 Å². The second kappa shape index (κ2) is 9.59. The molecule has 1 amide bonds. The van der Waals surface area contributed by atoms with Gasteiger partial charge in [0.05, 0.1) is 4.90 Å². The monoisotopic (exact) mass is 466 g/mol. The third-order valence-electron chi connectivity index (χ3n) is 7.74. The Morgan fingerprint density at radius 2 is 1.58 bits per heavy atom. The minimum atomic E-state index is -3.51. The van der Waals surface area contributed by atoms with Gasteiger partial charge in [-0.25, -0.2) is 8.42 Å². The number of amides is 1. The second-order valence-electron chi connectivity index (χ2n) is 9.83. The molecule has 33 heavy (non-hydrogen) atoms. The first-order chi connectivity index (χ1) is 16.0. The van der Waals surface area contributed by atoms with Crippen molar-refractivity contribution in [2.24, 2.45) is 5.92 Å². The Bertz CT molecular complexity index is 1090. The van der Waals surface area contributed by atoms with Gasteiger partial charge in [0.15, 0.2) is 0 Å². The smallest absolute Gasteiger partial charge is 0.243 e. The first-order valence-electron chi connectivity index (χ1n) is 12.5. The van der Waals surface area contributed by atoms with Crippen molar-refractivity contribution in [2.45, 2.75) is 68.7 Å². The normalized spacial score (nSPS) is 22.3. The molecule has 1 unspecified atom stereocenters. The van der Waals surface area contributed by atoms with Crippen LogP contribution >= 0.6 is 0 Å². The number of hydrogen-bond acceptors (Lipinski definition) is 3. The van der Waals surface area contributed by atoms with Gasteiger partial charge in [-0.15, -0.1) is 0 Å². The number of benzene rings is 2.